The first-order chi connectivity index (χ1) is 12.2. The van der Waals surface area contributed by atoms with Crippen molar-refractivity contribution in [2.24, 2.45) is 0 Å². The Bertz CT molecular complexity index is 807. The highest BCUT2D eigenvalue weighted by Gasteiger charge is 2.17. The second-order valence-electron chi connectivity index (χ2n) is 6.13. The standard InChI is InChI=1S/C19H20N4O2/c20-13-15-8-9-17(19(12-15)23(24)25)21-14-16-6-2-3-7-18(16)22-10-4-1-5-11-22/h2-3,6-9,12,21H,1,4-5,10-11,14H2. The van der Waals surface area contributed by atoms with Crippen LogP contribution in [-0.4, -0.2) is 18.0 Å². The van der Waals surface area contributed by atoms with Crippen molar-refractivity contribution in [3.63, 3.8) is 0 Å². The van der Waals surface area contributed by atoms with Crippen molar-refractivity contribution in [3.05, 3.63) is 63.7 Å². The number of nitrogens with zero attached hydrogens (tertiary/aromatic N) is 3. The van der Waals surface area contributed by atoms with Gasteiger partial charge in [0.15, 0.2) is 0 Å². The fourth-order valence-corrected chi connectivity index (χ4v) is 3.20. The molecule has 1 aliphatic heterocycles. The Morgan fingerprint density at radius 3 is 2.64 bits per heavy atom. The van der Waals surface area contributed by atoms with Crippen LogP contribution in [0.1, 0.15) is 30.4 Å². The van der Waals surface area contributed by atoms with Crippen molar-refractivity contribution in [2.75, 3.05) is 23.3 Å². The third kappa shape index (κ3) is 3.89. The fraction of sp³-hybridized carbons (Fsp3) is 0.316. The Kier molecular flexibility index (Phi) is 5.14. The summed E-state index contributed by atoms with van der Waals surface area (Å²) >= 11 is 0. The molecule has 0 radical (unpaired) electrons. The number of rotatable bonds is 5. The largest absolute Gasteiger partial charge is 0.375 e. The lowest BCUT2D eigenvalue weighted by atomic mass is 10.1. The Morgan fingerprint density at radius 1 is 1.16 bits per heavy atom. The molecular weight excluding hydrogens is 316 g/mol. The summed E-state index contributed by atoms with van der Waals surface area (Å²) in [6.07, 6.45) is 3.67. The van der Waals surface area contributed by atoms with E-state index in [0.717, 1.165) is 18.7 Å². The Labute approximate surface area is 146 Å². The van der Waals surface area contributed by atoms with Crippen LogP contribution in [0, 0.1) is 21.4 Å². The van der Waals surface area contributed by atoms with Gasteiger partial charge in [-0.1, -0.05) is 18.2 Å². The Hall–Kier alpha value is -3.07. The van der Waals surface area contributed by atoms with Crippen LogP contribution in [0.3, 0.4) is 0 Å². The van der Waals surface area contributed by atoms with Crippen molar-refractivity contribution in [1.29, 1.82) is 5.26 Å². The van der Waals surface area contributed by atoms with Gasteiger partial charge < -0.3 is 10.2 Å². The Balaban J connectivity index is 1.81. The number of hydrogen-bond donors (Lipinski definition) is 1. The summed E-state index contributed by atoms with van der Waals surface area (Å²) in [6.45, 7) is 2.60. The maximum absolute atomic E-state index is 11.3. The molecule has 0 atom stereocenters. The molecule has 0 saturated carbocycles. The fourth-order valence-electron chi connectivity index (χ4n) is 3.20. The van der Waals surface area contributed by atoms with Crippen molar-refractivity contribution in [1.82, 2.24) is 0 Å². The van der Waals surface area contributed by atoms with Crippen LogP contribution >= 0.6 is 0 Å². The van der Waals surface area contributed by atoms with E-state index >= 15 is 0 Å². The van der Waals surface area contributed by atoms with Gasteiger partial charge in [-0.2, -0.15) is 5.26 Å². The quantitative estimate of drug-likeness (QED) is 0.657. The number of nitro groups is 1. The number of para-hydroxylation sites is 1. The number of benzene rings is 2. The molecule has 1 heterocycles. The van der Waals surface area contributed by atoms with Crippen LogP contribution in [-0.2, 0) is 6.54 Å². The minimum absolute atomic E-state index is 0.0745. The predicted octanol–water partition coefficient (Wildman–Crippen LogP) is 4.07. The molecule has 2 aromatic carbocycles. The average molecular weight is 336 g/mol. The van der Waals surface area contributed by atoms with Gasteiger partial charge in [0.25, 0.3) is 5.69 Å². The van der Waals surface area contributed by atoms with E-state index in [0.29, 0.717) is 12.2 Å². The molecular formula is C19H20N4O2. The van der Waals surface area contributed by atoms with Gasteiger partial charge in [0.1, 0.15) is 5.69 Å². The minimum atomic E-state index is -0.459. The molecule has 2 aromatic rings. The molecule has 3 rings (SSSR count). The zero-order chi connectivity index (χ0) is 17.6. The normalized spacial score (nSPS) is 14.0. The van der Waals surface area contributed by atoms with Crippen LogP contribution in [0.4, 0.5) is 17.1 Å². The second-order valence-corrected chi connectivity index (χ2v) is 6.13. The van der Waals surface area contributed by atoms with E-state index in [1.807, 2.05) is 24.3 Å². The summed E-state index contributed by atoms with van der Waals surface area (Å²) in [5, 5.41) is 23.4. The number of piperidine rings is 1. The first-order valence-electron chi connectivity index (χ1n) is 8.44. The van der Waals surface area contributed by atoms with Crippen LogP contribution in [0.25, 0.3) is 0 Å². The molecule has 1 N–H and O–H groups in total. The zero-order valence-corrected chi connectivity index (χ0v) is 13.9. The summed E-state index contributed by atoms with van der Waals surface area (Å²) in [4.78, 5) is 13.2. The van der Waals surface area contributed by atoms with Crippen molar-refractivity contribution < 1.29 is 4.92 Å². The molecule has 0 unspecified atom stereocenters. The molecule has 0 spiro atoms. The van der Waals surface area contributed by atoms with Gasteiger partial charge in [-0.05, 0) is 43.0 Å². The summed E-state index contributed by atoms with van der Waals surface area (Å²) in [6, 6.07) is 14.6. The van der Waals surface area contributed by atoms with Crippen LogP contribution in [0.2, 0.25) is 0 Å². The summed E-state index contributed by atoms with van der Waals surface area (Å²) < 4.78 is 0. The Morgan fingerprint density at radius 2 is 1.92 bits per heavy atom. The third-order valence-electron chi connectivity index (χ3n) is 4.48. The lowest BCUT2D eigenvalue weighted by molar-refractivity contribution is -0.384. The topological polar surface area (TPSA) is 82.2 Å². The maximum Gasteiger partial charge on any atom is 0.293 e. The second kappa shape index (κ2) is 7.67. The number of nitriles is 1. The molecule has 0 bridgehead atoms. The first kappa shape index (κ1) is 16.8. The van der Waals surface area contributed by atoms with Crippen LogP contribution in [0.5, 0.6) is 0 Å². The number of anilines is 2. The van der Waals surface area contributed by atoms with Gasteiger partial charge in [-0.3, -0.25) is 10.1 Å². The van der Waals surface area contributed by atoms with E-state index in [2.05, 4.69) is 16.3 Å². The van der Waals surface area contributed by atoms with E-state index in [1.165, 1.54) is 31.0 Å². The molecule has 6 heteroatoms. The van der Waals surface area contributed by atoms with Crippen LogP contribution < -0.4 is 10.2 Å². The highest BCUT2D eigenvalue weighted by molar-refractivity contribution is 5.65. The number of nitro benzene ring substituents is 1. The number of hydrogen-bond acceptors (Lipinski definition) is 5. The molecule has 0 amide bonds. The summed E-state index contributed by atoms with van der Waals surface area (Å²) in [5.41, 5.74) is 2.94. The molecule has 25 heavy (non-hydrogen) atoms. The lowest BCUT2D eigenvalue weighted by Crippen LogP contribution is -2.30. The molecule has 1 saturated heterocycles. The first-order valence-corrected chi connectivity index (χ1v) is 8.44. The van der Waals surface area contributed by atoms with Gasteiger partial charge >= 0.3 is 0 Å². The monoisotopic (exact) mass is 336 g/mol. The van der Waals surface area contributed by atoms with Gasteiger partial charge in [0.05, 0.1) is 16.6 Å². The third-order valence-corrected chi connectivity index (χ3v) is 4.48. The van der Waals surface area contributed by atoms with E-state index in [9.17, 15) is 10.1 Å². The highest BCUT2D eigenvalue weighted by Crippen LogP contribution is 2.28. The number of nitrogens with one attached hydrogen (secondary N) is 1. The van der Waals surface area contributed by atoms with Gasteiger partial charge in [0.2, 0.25) is 0 Å². The highest BCUT2D eigenvalue weighted by atomic mass is 16.6. The average Bonchev–Trinajstić information content (AvgIpc) is 2.67. The lowest BCUT2D eigenvalue weighted by Gasteiger charge is -2.30. The maximum atomic E-state index is 11.3. The predicted molar refractivity (Wildman–Crippen MR) is 97.6 cm³/mol. The molecule has 0 aliphatic carbocycles. The van der Waals surface area contributed by atoms with E-state index < -0.39 is 4.92 Å². The SMILES string of the molecule is N#Cc1ccc(NCc2ccccc2N2CCCCC2)c([N+](=O)[O-])c1. The minimum Gasteiger partial charge on any atom is -0.375 e. The van der Waals surface area contributed by atoms with Gasteiger partial charge in [-0.25, -0.2) is 0 Å². The van der Waals surface area contributed by atoms with Gasteiger partial charge in [-0.15, -0.1) is 0 Å². The summed E-state index contributed by atoms with van der Waals surface area (Å²) in [5.74, 6) is 0. The van der Waals surface area contributed by atoms with Crippen LogP contribution in [0.15, 0.2) is 42.5 Å². The van der Waals surface area contributed by atoms with Crippen molar-refractivity contribution in [2.45, 2.75) is 25.8 Å². The molecule has 1 fully saturated rings. The molecule has 6 nitrogen and oxygen atoms in total. The van der Waals surface area contributed by atoms with Crippen molar-refractivity contribution in [3.8, 4) is 6.07 Å². The van der Waals surface area contributed by atoms with Crippen molar-refractivity contribution >= 4 is 17.1 Å². The van der Waals surface area contributed by atoms with E-state index in [4.69, 9.17) is 5.26 Å². The summed E-state index contributed by atoms with van der Waals surface area (Å²) in [7, 11) is 0. The molecule has 128 valence electrons. The molecule has 1 aliphatic rings. The smallest absolute Gasteiger partial charge is 0.293 e. The zero-order valence-electron chi connectivity index (χ0n) is 13.9. The van der Waals surface area contributed by atoms with E-state index in [1.54, 1.807) is 12.1 Å². The van der Waals surface area contributed by atoms with E-state index in [-0.39, 0.29) is 11.3 Å². The van der Waals surface area contributed by atoms with Gasteiger partial charge in [0, 0.05) is 31.4 Å². The molecule has 0 aromatic heterocycles.